The first-order valence-electron chi connectivity index (χ1n) is 6.97. The minimum Gasteiger partial charge on any atom is -0.497 e. The summed E-state index contributed by atoms with van der Waals surface area (Å²) in [5.41, 5.74) is 3.64. The van der Waals surface area contributed by atoms with Gasteiger partial charge in [0.1, 0.15) is 11.4 Å². The van der Waals surface area contributed by atoms with E-state index >= 15 is 0 Å². The number of aliphatic imine (C=N–C) groups is 1. The first kappa shape index (κ1) is 15.5. The van der Waals surface area contributed by atoms with Crippen LogP contribution in [0.5, 0.6) is 5.75 Å². The molecule has 0 aliphatic rings. The minimum atomic E-state index is -1.05. The molecule has 24 heavy (non-hydrogen) atoms. The topological polar surface area (TPSA) is 120 Å². The van der Waals surface area contributed by atoms with Crippen molar-refractivity contribution in [2.24, 2.45) is 4.99 Å². The lowest BCUT2D eigenvalue weighted by molar-refractivity contribution is 0.0697. The average molecular weight is 326 g/mol. The van der Waals surface area contributed by atoms with Crippen LogP contribution in [0.3, 0.4) is 0 Å². The maximum absolute atomic E-state index is 11.1. The van der Waals surface area contributed by atoms with Crippen molar-refractivity contribution in [3.8, 4) is 5.75 Å². The number of aromatic amines is 1. The van der Waals surface area contributed by atoms with Crippen molar-refractivity contribution in [3.05, 3.63) is 53.7 Å². The van der Waals surface area contributed by atoms with Crippen molar-refractivity contribution in [2.45, 2.75) is 0 Å². The van der Waals surface area contributed by atoms with Crippen LogP contribution in [0.4, 0.5) is 5.69 Å². The van der Waals surface area contributed by atoms with Crippen LogP contribution in [0.25, 0.3) is 10.9 Å². The molecule has 0 amide bonds. The van der Waals surface area contributed by atoms with Crippen LogP contribution in [-0.4, -0.2) is 39.4 Å². The molecule has 3 aromatic rings. The van der Waals surface area contributed by atoms with E-state index in [0.29, 0.717) is 28.0 Å². The first-order chi connectivity index (χ1) is 11.6. The number of methoxy groups -OCH3 is 1. The number of fused-ring (bicyclic) bond motifs is 1. The second-order valence-electron chi connectivity index (χ2n) is 4.91. The Morgan fingerprint density at radius 1 is 1.25 bits per heavy atom. The molecule has 0 saturated heterocycles. The third-order valence-corrected chi connectivity index (χ3v) is 3.45. The van der Waals surface area contributed by atoms with Gasteiger partial charge in [0.25, 0.3) is 0 Å². The van der Waals surface area contributed by atoms with Gasteiger partial charge in [-0.2, -0.15) is 5.10 Å². The van der Waals surface area contributed by atoms with Crippen LogP contribution >= 0.6 is 0 Å². The molecule has 4 N–H and O–H groups in total. The summed E-state index contributed by atoms with van der Waals surface area (Å²) >= 11 is 0. The number of H-pyrrole nitrogens is 1. The number of nitrogens with zero attached hydrogens (tertiary/aromatic N) is 2. The second-order valence-corrected chi connectivity index (χ2v) is 4.91. The Labute approximate surface area is 136 Å². The molecule has 0 spiro atoms. The van der Waals surface area contributed by atoms with E-state index < -0.39 is 5.97 Å². The van der Waals surface area contributed by atoms with E-state index in [0.717, 1.165) is 0 Å². The van der Waals surface area contributed by atoms with Gasteiger partial charge in [0.2, 0.25) is 0 Å². The number of hydrogen-bond acceptors (Lipinski definition) is 5. The fourth-order valence-electron chi connectivity index (χ4n) is 2.24. The van der Waals surface area contributed by atoms with Crippen LogP contribution in [0.1, 0.15) is 16.1 Å². The van der Waals surface area contributed by atoms with Gasteiger partial charge in [0.05, 0.1) is 23.9 Å². The summed E-state index contributed by atoms with van der Waals surface area (Å²) in [4.78, 5) is 15.4. The number of carbonyl (C=O) groups is 1. The lowest BCUT2D eigenvalue weighted by atomic mass is 10.1. The largest absolute Gasteiger partial charge is 0.497 e. The second kappa shape index (κ2) is 6.39. The number of aromatic nitrogens is 2. The monoisotopic (exact) mass is 326 g/mol. The normalized spacial score (nSPS) is 11.5. The lowest BCUT2D eigenvalue weighted by Gasteiger charge is -2.04. The molecule has 1 heterocycles. The van der Waals surface area contributed by atoms with Gasteiger partial charge in [-0.15, -0.1) is 0 Å². The molecular formula is C16H14N4O4. The highest BCUT2D eigenvalue weighted by Crippen LogP contribution is 2.21. The summed E-state index contributed by atoms with van der Waals surface area (Å²) < 4.78 is 5.08. The Morgan fingerprint density at radius 2 is 2.00 bits per heavy atom. The molecule has 1 aromatic heterocycles. The maximum Gasteiger partial charge on any atom is 0.335 e. The average Bonchev–Trinajstić information content (AvgIpc) is 3.03. The number of benzene rings is 2. The van der Waals surface area contributed by atoms with Crippen molar-refractivity contribution in [1.29, 1.82) is 0 Å². The van der Waals surface area contributed by atoms with Crippen molar-refractivity contribution in [3.63, 3.8) is 0 Å². The van der Waals surface area contributed by atoms with Crippen LogP contribution in [0.15, 0.2) is 47.5 Å². The first-order valence-corrected chi connectivity index (χ1v) is 6.97. The summed E-state index contributed by atoms with van der Waals surface area (Å²) in [7, 11) is 1.56. The van der Waals surface area contributed by atoms with Crippen LogP contribution in [-0.2, 0) is 0 Å². The highest BCUT2D eigenvalue weighted by atomic mass is 16.5. The molecule has 0 atom stereocenters. The molecule has 8 heteroatoms. The molecule has 0 aliphatic carbocycles. The molecule has 8 nitrogen and oxygen atoms in total. The zero-order chi connectivity index (χ0) is 17.1. The van der Waals surface area contributed by atoms with E-state index in [1.54, 1.807) is 37.4 Å². The Morgan fingerprint density at radius 3 is 2.62 bits per heavy atom. The molecular weight excluding hydrogens is 312 g/mol. The molecule has 122 valence electrons. The number of aromatic carboxylic acids is 1. The summed E-state index contributed by atoms with van der Waals surface area (Å²) in [6.45, 7) is 0. The molecule has 0 unspecified atom stereocenters. The van der Waals surface area contributed by atoms with Gasteiger partial charge in [0, 0.05) is 5.39 Å². The quantitative estimate of drug-likeness (QED) is 0.332. The number of ether oxygens (including phenoxy) is 1. The number of carboxylic acids is 1. The van der Waals surface area contributed by atoms with Gasteiger partial charge in [-0.3, -0.25) is 15.8 Å². The predicted octanol–water partition coefficient (Wildman–Crippen LogP) is 2.33. The van der Waals surface area contributed by atoms with E-state index in [1.807, 2.05) is 5.48 Å². The Kier molecular flexibility index (Phi) is 4.13. The van der Waals surface area contributed by atoms with E-state index in [-0.39, 0.29) is 11.4 Å². The molecule has 0 bridgehead atoms. The fraction of sp³-hybridized carbons (Fsp3) is 0.0625. The highest BCUT2D eigenvalue weighted by Gasteiger charge is 2.14. The summed E-state index contributed by atoms with van der Waals surface area (Å²) in [6.07, 6.45) is 0. The van der Waals surface area contributed by atoms with E-state index in [9.17, 15) is 10.0 Å². The van der Waals surface area contributed by atoms with Crippen LogP contribution < -0.4 is 10.2 Å². The molecule has 3 rings (SSSR count). The zero-order valence-corrected chi connectivity index (χ0v) is 12.6. The van der Waals surface area contributed by atoms with E-state index in [1.165, 1.54) is 12.1 Å². The Bertz CT molecular complexity index is 915. The Balaban J connectivity index is 2.06. The van der Waals surface area contributed by atoms with Crippen molar-refractivity contribution in [1.82, 2.24) is 15.7 Å². The standard InChI is InChI=1S/C16H14N4O4/c1-24-11-5-3-10(4-6-11)17-15(20-23)14-12-8-9(16(21)22)2-7-13(12)18-19-14/h2-8,23H,1H3,(H,17,20)(H,18,19)(H,21,22). The minimum absolute atomic E-state index is 0.0916. The molecule has 0 aliphatic heterocycles. The summed E-state index contributed by atoms with van der Waals surface area (Å²) in [5, 5.41) is 25.9. The van der Waals surface area contributed by atoms with Gasteiger partial charge in [-0.25, -0.2) is 9.79 Å². The van der Waals surface area contributed by atoms with Gasteiger partial charge in [-0.05, 0) is 42.5 Å². The van der Waals surface area contributed by atoms with Crippen LogP contribution in [0, 0.1) is 0 Å². The SMILES string of the molecule is COc1ccc(N=C(NO)c2n[nH]c3ccc(C(=O)O)cc23)cc1. The number of amidine groups is 1. The maximum atomic E-state index is 11.1. The summed E-state index contributed by atoms with van der Waals surface area (Å²) in [5.74, 6) is -0.271. The number of hydroxylamine groups is 1. The smallest absolute Gasteiger partial charge is 0.335 e. The third-order valence-electron chi connectivity index (χ3n) is 3.45. The molecule has 0 saturated carbocycles. The Hall–Kier alpha value is -3.39. The summed E-state index contributed by atoms with van der Waals surface area (Å²) in [6, 6.07) is 11.5. The highest BCUT2D eigenvalue weighted by molar-refractivity contribution is 6.09. The number of rotatable bonds is 4. The molecule has 0 radical (unpaired) electrons. The van der Waals surface area contributed by atoms with Crippen LogP contribution in [0.2, 0.25) is 0 Å². The third kappa shape index (κ3) is 2.90. The van der Waals surface area contributed by atoms with E-state index in [2.05, 4.69) is 15.2 Å². The van der Waals surface area contributed by atoms with Crippen molar-refractivity contribution < 1.29 is 19.8 Å². The van der Waals surface area contributed by atoms with Crippen molar-refractivity contribution >= 4 is 28.4 Å². The lowest BCUT2D eigenvalue weighted by Crippen LogP contribution is -2.20. The number of carboxylic acid groups (broad SMARTS) is 1. The number of nitrogens with one attached hydrogen (secondary N) is 2. The van der Waals surface area contributed by atoms with Gasteiger partial charge in [0.15, 0.2) is 5.84 Å². The van der Waals surface area contributed by atoms with Gasteiger partial charge < -0.3 is 9.84 Å². The van der Waals surface area contributed by atoms with Gasteiger partial charge in [-0.1, -0.05) is 0 Å². The fourth-order valence-corrected chi connectivity index (χ4v) is 2.24. The van der Waals surface area contributed by atoms with Gasteiger partial charge >= 0.3 is 5.97 Å². The molecule has 0 fully saturated rings. The van der Waals surface area contributed by atoms with E-state index in [4.69, 9.17) is 9.84 Å². The number of hydrogen-bond donors (Lipinski definition) is 4. The zero-order valence-electron chi connectivity index (χ0n) is 12.6. The molecule has 2 aromatic carbocycles. The predicted molar refractivity (Wildman–Crippen MR) is 87.2 cm³/mol. The van der Waals surface area contributed by atoms with Crippen molar-refractivity contribution in [2.75, 3.05) is 7.11 Å².